The Hall–Kier alpha value is -0.140. The van der Waals surface area contributed by atoms with Gasteiger partial charge in [0, 0.05) is 12.3 Å². The van der Waals surface area contributed by atoms with Crippen LogP contribution in [-0.4, -0.2) is 5.92 Å². The summed E-state index contributed by atoms with van der Waals surface area (Å²) < 4.78 is 25.9. The summed E-state index contributed by atoms with van der Waals surface area (Å²) in [5, 5.41) is 0. The second-order valence-corrected chi connectivity index (χ2v) is 4.67. The lowest BCUT2D eigenvalue weighted by molar-refractivity contribution is 0.0531. The van der Waals surface area contributed by atoms with Crippen LogP contribution in [0.3, 0.4) is 0 Å². The Morgan fingerprint density at radius 2 is 1.62 bits per heavy atom. The number of alkyl halides is 2. The third-order valence-electron chi connectivity index (χ3n) is 3.31. The summed E-state index contributed by atoms with van der Waals surface area (Å²) in [6.07, 6.45) is 4.05. The first kappa shape index (κ1) is 10.9. The Kier molecular flexibility index (Phi) is 2.98. The summed E-state index contributed by atoms with van der Waals surface area (Å²) in [5.74, 6) is -2.68. The summed E-state index contributed by atoms with van der Waals surface area (Å²) >= 11 is 0. The van der Waals surface area contributed by atoms with E-state index in [0.717, 1.165) is 25.7 Å². The first-order valence-electron chi connectivity index (χ1n) is 5.34. The molecule has 2 heteroatoms. The van der Waals surface area contributed by atoms with E-state index in [0.29, 0.717) is 0 Å². The average molecular weight is 190 g/mol. The van der Waals surface area contributed by atoms with Crippen LogP contribution in [0.25, 0.3) is 0 Å². The fourth-order valence-corrected chi connectivity index (χ4v) is 2.59. The van der Waals surface area contributed by atoms with E-state index in [1.54, 1.807) is 0 Å². The topological polar surface area (TPSA) is 0 Å². The molecule has 0 saturated heterocycles. The van der Waals surface area contributed by atoms with Gasteiger partial charge in [0.25, 0.3) is 5.92 Å². The summed E-state index contributed by atoms with van der Waals surface area (Å²) in [6, 6.07) is 0. The highest BCUT2D eigenvalue weighted by Crippen LogP contribution is 2.60. The van der Waals surface area contributed by atoms with Crippen LogP contribution in [0.4, 0.5) is 8.78 Å². The molecule has 1 unspecified atom stereocenters. The first-order valence-corrected chi connectivity index (χ1v) is 5.34. The molecule has 0 aromatic heterocycles. The maximum absolute atomic E-state index is 12.9. The molecule has 0 aromatic carbocycles. The lowest BCUT2D eigenvalue weighted by Gasteiger charge is -2.29. The minimum Gasteiger partial charge on any atom is -0.207 e. The Balaban J connectivity index is 2.57. The smallest absolute Gasteiger partial charge is 0.207 e. The van der Waals surface area contributed by atoms with Crippen LogP contribution in [0.2, 0.25) is 0 Å². The predicted octanol–water partition coefficient (Wildman–Crippen LogP) is 4.25. The van der Waals surface area contributed by atoms with Crippen LogP contribution in [-0.2, 0) is 0 Å². The molecule has 0 N–H and O–H groups in total. The zero-order chi connectivity index (χ0) is 10.1. The molecule has 1 atom stereocenters. The molecule has 0 aliphatic heterocycles. The van der Waals surface area contributed by atoms with Crippen molar-refractivity contribution >= 4 is 0 Å². The summed E-state index contributed by atoms with van der Waals surface area (Å²) in [6.45, 7) is 6.19. The van der Waals surface area contributed by atoms with Crippen LogP contribution in [0.15, 0.2) is 0 Å². The molecule has 13 heavy (non-hydrogen) atoms. The van der Waals surface area contributed by atoms with Gasteiger partial charge >= 0.3 is 0 Å². The largest absolute Gasteiger partial charge is 0.252 e. The first-order chi connectivity index (χ1) is 5.96. The van der Waals surface area contributed by atoms with Crippen molar-refractivity contribution < 1.29 is 8.78 Å². The zero-order valence-electron chi connectivity index (χ0n) is 8.87. The highest BCUT2D eigenvalue weighted by Gasteiger charge is 2.63. The molecule has 1 rings (SSSR count). The van der Waals surface area contributed by atoms with Gasteiger partial charge in [-0.05, 0) is 18.3 Å². The normalized spacial score (nSPS) is 26.1. The lowest BCUT2D eigenvalue weighted by atomic mass is 9.76. The maximum Gasteiger partial charge on any atom is 0.252 e. The van der Waals surface area contributed by atoms with Gasteiger partial charge in [-0.2, -0.15) is 0 Å². The van der Waals surface area contributed by atoms with Gasteiger partial charge in [0.05, 0.1) is 0 Å². The number of halogens is 2. The molecule has 0 spiro atoms. The standard InChI is InChI=1S/C11H20F2/c1-4-6-10(3,7-5-2)9-8-11(9,12)13/h9H,4-8H2,1-3H3. The highest BCUT2D eigenvalue weighted by molar-refractivity contribution is 5.04. The molecule has 1 saturated carbocycles. The van der Waals surface area contributed by atoms with Crippen molar-refractivity contribution in [2.45, 2.75) is 58.8 Å². The van der Waals surface area contributed by atoms with Crippen LogP contribution < -0.4 is 0 Å². The van der Waals surface area contributed by atoms with Gasteiger partial charge < -0.3 is 0 Å². The van der Waals surface area contributed by atoms with E-state index in [9.17, 15) is 8.78 Å². The van der Waals surface area contributed by atoms with Crippen molar-refractivity contribution in [3.05, 3.63) is 0 Å². The average Bonchev–Trinajstić information content (AvgIpc) is 2.62. The molecule has 1 aliphatic carbocycles. The molecule has 1 aliphatic rings. The van der Waals surface area contributed by atoms with E-state index in [4.69, 9.17) is 0 Å². The van der Waals surface area contributed by atoms with E-state index < -0.39 is 5.92 Å². The Labute approximate surface area is 79.7 Å². The van der Waals surface area contributed by atoms with E-state index >= 15 is 0 Å². The Morgan fingerprint density at radius 1 is 1.23 bits per heavy atom. The maximum atomic E-state index is 12.9. The van der Waals surface area contributed by atoms with Crippen molar-refractivity contribution in [2.75, 3.05) is 0 Å². The van der Waals surface area contributed by atoms with Crippen molar-refractivity contribution in [1.29, 1.82) is 0 Å². The fourth-order valence-electron chi connectivity index (χ4n) is 2.59. The fraction of sp³-hybridized carbons (Fsp3) is 1.00. The SMILES string of the molecule is CCCC(C)(CCC)C1CC1(F)F. The minimum absolute atomic E-state index is 0.104. The van der Waals surface area contributed by atoms with Gasteiger partial charge in [-0.15, -0.1) is 0 Å². The third-order valence-corrected chi connectivity index (χ3v) is 3.31. The monoisotopic (exact) mass is 190 g/mol. The predicted molar refractivity (Wildman–Crippen MR) is 51.0 cm³/mol. The van der Waals surface area contributed by atoms with Gasteiger partial charge in [-0.1, -0.05) is 33.6 Å². The van der Waals surface area contributed by atoms with E-state index in [1.807, 2.05) is 6.92 Å². The Morgan fingerprint density at radius 3 is 1.85 bits per heavy atom. The molecule has 0 nitrogen and oxygen atoms in total. The number of hydrogen-bond donors (Lipinski definition) is 0. The highest BCUT2D eigenvalue weighted by atomic mass is 19.3. The number of rotatable bonds is 5. The molecule has 0 heterocycles. The molecule has 1 fully saturated rings. The molecule has 0 bridgehead atoms. The lowest BCUT2D eigenvalue weighted by Crippen LogP contribution is -2.22. The van der Waals surface area contributed by atoms with Gasteiger partial charge in [-0.3, -0.25) is 0 Å². The van der Waals surface area contributed by atoms with Crippen LogP contribution in [0, 0.1) is 11.3 Å². The molecule has 0 radical (unpaired) electrons. The van der Waals surface area contributed by atoms with E-state index in [2.05, 4.69) is 13.8 Å². The summed E-state index contributed by atoms with van der Waals surface area (Å²) in [5.41, 5.74) is -0.104. The molecular weight excluding hydrogens is 170 g/mol. The van der Waals surface area contributed by atoms with Crippen LogP contribution >= 0.6 is 0 Å². The molecule has 0 aromatic rings. The third kappa shape index (κ3) is 2.21. The second kappa shape index (κ2) is 3.55. The van der Waals surface area contributed by atoms with E-state index in [-0.39, 0.29) is 17.8 Å². The quantitative estimate of drug-likeness (QED) is 0.608. The second-order valence-electron chi connectivity index (χ2n) is 4.67. The van der Waals surface area contributed by atoms with Gasteiger partial charge in [0.15, 0.2) is 0 Å². The van der Waals surface area contributed by atoms with Gasteiger partial charge in [-0.25, -0.2) is 8.78 Å². The van der Waals surface area contributed by atoms with Gasteiger partial charge in [0.1, 0.15) is 0 Å². The van der Waals surface area contributed by atoms with Crippen molar-refractivity contribution in [3.63, 3.8) is 0 Å². The van der Waals surface area contributed by atoms with Crippen LogP contribution in [0.1, 0.15) is 52.9 Å². The molecular formula is C11H20F2. The number of hydrogen-bond acceptors (Lipinski definition) is 0. The van der Waals surface area contributed by atoms with Crippen LogP contribution in [0.5, 0.6) is 0 Å². The Bertz CT molecular complexity index is 169. The van der Waals surface area contributed by atoms with Crippen molar-refractivity contribution in [3.8, 4) is 0 Å². The van der Waals surface area contributed by atoms with Gasteiger partial charge in [0.2, 0.25) is 0 Å². The zero-order valence-corrected chi connectivity index (χ0v) is 8.87. The van der Waals surface area contributed by atoms with Crippen molar-refractivity contribution in [2.24, 2.45) is 11.3 Å². The van der Waals surface area contributed by atoms with E-state index in [1.165, 1.54) is 0 Å². The summed E-state index contributed by atoms with van der Waals surface area (Å²) in [4.78, 5) is 0. The summed E-state index contributed by atoms with van der Waals surface area (Å²) in [7, 11) is 0. The molecule has 0 amide bonds. The van der Waals surface area contributed by atoms with Crippen molar-refractivity contribution in [1.82, 2.24) is 0 Å². The minimum atomic E-state index is -2.35. The molecule has 78 valence electrons.